The molecule has 0 bridgehead atoms. The molecule has 0 radical (unpaired) electrons. The van der Waals surface area contributed by atoms with Crippen LogP contribution in [0.4, 0.5) is 0 Å². The van der Waals surface area contributed by atoms with E-state index in [1.54, 1.807) is 29.0 Å². The van der Waals surface area contributed by atoms with Crippen molar-refractivity contribution in [3.63, 3.8) is 0 Å². The number of carboxylic acids is 1. The number of nitrogens with one attached hydrogen (secondary N) is 1. The van der Waals surface area contributed by atoms with E-state index >= 15 is 0 Å². The van der Waals surface area contributed by atoms with E-state index in [0.717, 1.165) is 5.56 Å². The number of aromatic nitrogens is 1. The zero-order valence-corrected chi connectivity index (χ0v) is 11.2. The van der Waals surface area contributed by atoms with E-state index in [4.69, 9.17) is 5.11 Å². The van der Waals surface area contributed by atoms with Crippen molar-refractivity contribution in [1.82, 2.24) is 9.88 Å². The van der Waals surface area contributed by atoms with Gasteiger partial charge in [0.15, 0.2) is 0 Å². The van der Waals surface area contributed by atoms with Gasteiger partial charge in [-0.2, -0.15) is 0 Å². The molecule has 0 atom stereocenters. The molecule has 1 aromatic carbocycles. The highest BCUT2D eigenvalue weighted by molar-refractivity contribution is 5.88. The third-order valence-electron chi connectivity index (χ3n) is 3.07. The molecule has 1 heterocycles. The predicted molar refractivity (Wildman–Crippen MR) is 77.0 cm³/mol. The van der Waals surface area contributed by atoms with Gasteiger partial charge in [-0.25, -0.2) is 4.79 Å². The summed E-state index contributed by atoms with van der Waals surface area (Å²) in [7, 11) is 1.83. The Bertz CT molecular complexity index is 660. The fourth-order valence-electron chi connectivity index (χ4n) is 1.96. The van der Waals surface area contributed by atoms with Gasteiger partial charge in [0.2, 0.25) is 0 Å². The van der Waals surface area contributed by atoms with E-state index in [0.29, 0.717) is 18.7 Å². The third-order valence-corrected chi connectivity index (χ3v) is 3.07. The van der Waals surface area contributed by atoms with Gasteiger partial charge in [0.1, 0.15) is 0 Å². The Hall–Kier alpha value is -2.40. The molecule has 0 fully saturated rings. The van der Waals surface area contributed by atoms with Crippen LogP contribution in [0, 0.1) is 0 Å². The maximum Gasteiger partial charge on any atom is 0.335 e. The Balaban J connectivity index is 2.37. The van der Waals surface area contributed by atoms with Gasteiger partial charge >= 0.3 is 5.97 Å². The number of carboxylic acid groups (broad SMARTS) is 1. The van der Waals surface area contributed by atoms with Crippen LogP contribution < -0.4 is 10.9 Å². The summed E-state index contributed by atoms with van der Waals surface area (Å²) in [6, 6.07) is 9.88. The maximum absolute atomic E-state index is 12.3. The van der Waals surface area contributed by atoms with Crippen LogP contribution in [-0.2, 0) is 6.54 Å². The Labute approximate surface area is 116 Å². The summed E-state index contributed by atoms with van der Waals surface area (Å²) >= 11 is 0. The summed E-state index contributed by atoms with van der Waals surface area (Å²) in [5, 5.41) is 11.9. The topological polar surface area (TPSA) is 71.3 Å². The normalized spacial score (nSPS) is 10.4. The fourth-order valence-corrected chi connectivity index (χ4v) is 1.96. The first-order valence-electron chi connectivity index (χ1n) is 6.31. The number of rotatable bonds is 5. The molecule has 5 nitrogen and oxygen atoms in total. The summed E-state index contributed by atoms with van der Waals surface area (Å²) < 4.78 is 1.64. The van der Waals surface area contributed by atoms with Gasteiger partial charge < -0.3 is 15.0 Å². The van der Waals surface area contributed by atoms with Gasteiger partial charge in [0, 0.05) is 24.8 Å². The molecule has 1 aromatic heterocycles. The van der Waals surface area contributed by atoms with Gasteiger partial charge in [-0.05, 0) is 36.9 Å². The second kappa shape index (κ2) is 6.16. The number of nitrogens with zero attached hydrogens (tertiary/aromatic N) is 1. The van der Waals surface area contributed by atoms with Gasteiger partial charge in [0.05, 0.1) is 5.56 Å². The average molecular weight is 272 g/mol. The van der Waals surface area contributed by atoms with E-state index in [1.807, 2.05) is 13.1 Å². The van der Waals surface area contributed by atoms with Crippen LogP contribution in [-0.4, -0.2) is 29.2 Å². The quantitative estimate of drug-likeness (QED) is 0.864. The van der Waals surface area contributed by atoms with Gasteiger partial charge in [-0.15, -0.1) is 0 Å². The lowest BCUT2D eigenvalue weighted by Gasteiger charge is -2.08. The Morgan fingerprint density at radius 3 is 2.55 bits per heavy atom. The van der Waals surface area contributed by atoms with Crippen molar-refractivity contribution >= 4 is 5.97 Å². The largest absolute Gasteiger partial charge is 0.478 e. The molecule has 2 aromatic rings. The fraction of sp³-hybridized carbons (Fsp3) is 0.200. The highest BCUT2D eigenvalue weighted by Crippen LogP contribution is 2.16. The van der Waals surface area contributed by atoms with E-state index in [2.05, 4.69) is 5.32 Å². The lowest BCUT2D eigenvalue weighted by atomic mass is 10.1. The minimum atomic E-state index is -0.976. The van der Waals surface area contributed by atoms with Crippen molar-refractivity contribution in [3.05, 3.63) is 58.5 Å². The van der Waals surface area contributed by atoms with Crippen molar-refractivity contribution in [1.29, 1.82) is 0 Å². The smallest absolute Gasteiger partial charge is 0.335 e. The minimum Gasteiger partial charge on any atom is -0.478 e. The number of likely N-dealkylation sites (N-methyl/N-ethyl adjacent to an activating group) is 1. The molecule has 0 saturated heterocycles. The number of hydrogen-bond acceptors (Lipinski definition) is 3. The molecule has 0 aliphatic carbocycles. The highest BCUT2D eigenvalue weighted by atomic mass is 16.4. The van der Waals surface area contributed by atoms with Gasteiger partial charge in [-0.3, -0.25) is 4.79 Å². The van der Waals surface area contributed by atoms with E-state index in [1.165, 1.54) is 12.1 Å². The molecule has 5 heteroatoms. The van der Waals surface area contributed by atoms with E-state index in [9.17, 15) is 9.59 Å². The van der Waals surface area contributed by atoms with E-state index in [-0.39, 0.29) is 11.1 Å². The van der Waals surface area contributed by atoms with Gasteiger partial charge in [0.25, 0.3) is 5.56 Å². The zero-order chi connectivity index (χ0) is 14.5. The Kier molecular flexibility index (Phi) is 4.32. The van der Waals surface area contributed by atoms with Gasteiger partial charge in [-0.1, -0.05) is 12.1 Å². The lowest BCUT2D eigenvalue weighted by molar-refractivity contribution is 0.0697. The molecule has 0 aliphatic rings. The molecule has 20 heavy (non-hydrogen) atoms. The monoisotopic (exact) mass is 272 g/mol. The standard InChI is InChI=1S/C15H16N2O3/c1-16-8-10-17-9-2-3-13(14(17)18)11-4-6-12(7-5-11)15(19)20/h2-7,9,16H,8,10H2,1H3,(H,19,20). The van der Waals surface area contributed by atoms with E-state index < -0.39 is 5.97 Å². The summed E-state index contributed by atoms with van der Waals surface area (Å²) in [5.74, 6) is -0.976. The summed E-state index contributed by atoms with van der Waals surface area (Å²) in [4.78, 5) is 23.1. The van der Waals surface area contributed by atoms with Crippen molar-refractivity contribution in [2.45, 2.75) is 6.54 Å². The first-order valence-corrected chi connectivity index (χ1v) is 6.31. The van der Waals surface area contributed by atoms with Crippen LogP contribution >= 0.6 is 0 Å². The maximum atomic E-state index is 12.3. The molecule has 0 amide bonds. The van der Waals surface area contributed by atoms with Crippen LogP contribution in [0.2, 0.25) is 0 Å². The lowest BCUT2D eigenvalue weighted by Crippen LogP contribution is -2.25. The molecule has 2 rings (SSSR count). The second-order valence-corrected chi connectivity index (χ2v) is 4.41. The van der Waals surface area contributed by atoms with Crippen LogP contribution in [0.5, 0.6) is 0 Å². The SMILES string of the molecule is CNCCn1cccc(-c2ccc(C(=O)O)cc2)c1=O. The van der Waals surface area contributed by atoms with Crippen molar-refractivity contribution < 1.29 is 9.90 Å². The second-order valence-electron chi connectivity index (χ2n) is 4.41. The molecule has 2 N–H and O–H groups in total. The first kappa shape index (κ1) is 14.0. The number of carbonyl (C=O) groups is 1. The van der Waals surface area contributed by atoms with Crippen molar-refractivity contribution in [2.24, 2.45) is 0 Å². The number of pyridine rings is 1. The summed E-state index contributed by atoms with van der Waals surface area (Å²) in [6.07, 6.45) is 1.74. The molecule has 104 valence electrons. The molecule has 0 saturated carbocycles. The number of aromatic carboxylic acids is 1. The zero-order valence-electron chi connectivity index (χ0n) is 11.2. The first-order chi connectivity index (χ1) is 9.63. The molecule has 0 unspecified atom stereocenters. The van der Waals surface area contributed by atoms with Crippen LogP contribution in [0.3, 0.4) is 0 Å². The number of benzene rings is 1. The highest BCUT2D eigenvalue weighted by Gasteiger charge is 2.07. The average Bonchev–Trinajstić information content (AvgIpc) is 2.46. The van der Waals surface area contributed by atoms with Crippen molar-refractivity contribution in [2.75, 3.05) is 13.6 Å². The summed E-state index contributed by atoms with van der Waals surface area (Å²) in [5.41, 5.74) is 1.42. The Morgan fingerprint density at radius 1 is 1.25 bits per heavy atom. The third kappa shape index (κ3) is 2.95. The van der Waals surface area contributed by atoms with Crippen LogP contribution in [0.15, 0.2) is 47.4 Å². The predicted octanol–water partition coefficient (Wildman–Crippen LogP) is 1.43. The minimum absolute atomic E-state index is 0.0779. The molecule has 0 spiro atoms. The van der Waals surface area contributed by atoms with Crippen LogP contribution in [0.1, 0.15) is 10.4 Å². The van der Waals surface area contributed by atoms with Crippen molar-refractivity contribution in [3.8, 4) is 11.1 Å². The number of hydrogen-bond donors (Lipinski definition) is 2. The molecular formula is C15H16N2O3. The summed E-state index contributed by atoms with van der Waals surface area (Å²) in [6.45, 7) is 1.30. The molecular weight excluding hydrogens is 256 g/mol. The van der Waals surface area contributed by atoms with Crippen LogP contribution in [0.25, 0.3) is 11.1 Å². The molecule has 0 aliphatic heterocycles. The Morgan fingerprint density at radius 2 is 1.95 bits per heavy atom.